The Morgan fingerprint density at radius 2 is 2.00 bits per heavy atom. The number of nitrogens with zero attached hydrogens (tertiary/aromatic N) is 2. The van der Waals surface area contributed by atoms with Crippen molar-refractivity contribution >= 4 is 22.8 Å². The molecule has 0 bridgehead atoms. The molecule has 0 aliphatic heterocycles. The summed E-state index contributed by atoms with van der Waals surface area (Å²) in [6.45, 7) is 2.04. The highest BCUT2D eigenvalue weighted by atomic mass is 16.3. The van der Waals surface area contributed by atoms with Gasteiger partial charge in [-0.15, -0.1) is 0 Å². The predicted molar refractivity (Wildman–Crippen MR) is 83.3 cm³/mol. The van der Waals surface area contributed by atoms with E-state index in [9.17, 15) is 4.79 Å². The summed E-state index contributed by atoms with van der Waals surface area (Å²) in [5.74, 6) is 1.40. The minimum Gasteiger partial charge on any atom is -0.438 e. The fourth-order valence-electron chi connectivity index (χ4n) is 2.38. The highest BCUT2D eigenvalue weighted by Gasteiger charge is 2.30. The number of carbonyl (C=O) groups is 1. The van der Waals surface area contributed by atoms with Crippen LogP contribution in [0.2, 0.25) is 0 Å². The van der Waals surface area contributed by atoms with Crippen molar-refractivity contribution in [1.82, 2.24) is 9.97 Å². The first-order chi connectivity index (χ1) is 10.7. The second-order valence-electron chi connectivity index (χ2n) is 5.68. The molecule has 5 nitrogen and oxygen atoms in total. The summed E-state index contributed by atoms with van der Waals surface area (Å²) in [7, 11) is 0. The molecule has 1 saturated carbocycles. The Hall–Kier alpha value is -2.69. The number of fused-ring (bicyclic) bond motifs is 1. The van der Waals surface area contributed by atoms with Crippen LogP contribution in [0.15, 0.2) is 41.1 Å². The van der Waals surface area contributed by atoms with Crippen LogP contribution < -0.4 is 5.32 Å². The van der Waals surface area contributed by atoms with Gasteiger partial charge in [-0.25, -0.2) is 9.97 Å². The van der Waals surface area contributed by atoms with Gasteiger partial charge in [0.05, 0.1) is 5.39 Å². The molecule has 4 rings (SSSR count). The molecule has 0 unspecified atom stereocenters. The minimum absolute atomic E-state index is 0.0260. The van der Waals surface area contributed by atoms with Crippen molar-refractivity contribution in [3.8, 4) is 11.3 Å². The van der Waals surface area contributed by atoms with Crippen molar-refractivity contribution in [2.75, 3.05) is 5.32 Å². The third-order valence-electron chi connectivity index (χ3n) is 3.86. The molecule has 1 N–H and O–H groups in total. The van der Waals surface area contributed by atoms with Crippen molar-refractivity contribution < 1.29 is 9.21 Å². The Labute approximate surface area is 127 Å². The van der Waals surface area contributed by atoms with Crippen molar-refractivity contribution in [3.05, 3.63) is 42.2 Å². The fraction of sp³-hybridized carbons (Fsp3) is 0.235. The molecule has 0 radical (unpaired) electrons. The Kier molecular flexibility index (Phi) is 2.92. The molecule has 0 atom stereocenters. The number of aryl methyl sites for hydroxylation is 1. The van der Waals surface area contributed by atoms with Crippen LogP contribution in [0.1, 0.15) is 18.4 Å². The van der Waals surface area contributed by atoms with Gasteiger partial charge in [-0.2, -0.15) is 0 Å². The second kappa shape index (κ2) is 4.94. The SMILES string of the molecule is Cc1ccc(-c2cc3c(NC(=O)C4CC4)ncnc3o2)cc1. The van der Waals surface area contributed by atoms with Gasteiger partial charge in [-0.3, -0.25) is 4.79 Å². The molecule has 3 aromatic rings. The molecule has 0 spiro atoms. The number of aromatic nitrogens is 2. The lowest BCUT2D eigenvalue weighted by molar-refractivity contribution is -0.117. The van der Waals surface area contributed by atoms with Gasteiger partial charge in [0.15, 0.2) is 0 Å². The Balaban J connectivity index is 1.73. The number of amides is 1. The molecular formula is C17H15N3O2. The molecule has 2 heterocycles. The third-order valence-corrected chi connectivity index (χ3v) is 3.86. The molecule has 22 heavy (non-hydrogen) atoms. The van der Waals surface area contributed by atoms with Gasteiger partial charge in [0.2, 0.25) is 11.6 Å². The fourth-order valence-corrected chi connectivity index (χ4v) is 2.38. The van der Waals surface area contributed by atoms with Gasteiger partial charge < -0.3 is 9.73 Å². The van der Waals surface area contributed by atoms with Crippen LogP contribution in [-0.4, -0.2) is 15.9 Å². The zero-order valence-electron chi connectivity index (χ0n) is 12.2. The van der Waals surface area contributed by atoms with E-state index in [0.717, 1.165) is 29.6 Å². The average molecular weight is 293 g/mol. The normalized spacial score (nSPS) is 14.2. The van der Waals surface area contributed by atoms with E-state index < -0.39 is 0 Å². The summed E-state index contributed by atoms with van der Waals surface area (Å²) in [6.07, 6.45) is 3.33. The molecule has 1 aliphatic carbocycles. The van der Waals surface area contributed by atoms with Crippen LogP contribution in [0, 0.1) is 12.8 Å². The van der Waals surface area contributed by atoms with Crippen LogP contribution in [0.5, 0.6) is 0 Å². The Bertz CT molecular complexity index is 848. The summed E-state index contributed by atoms with van der Waals surface area (Å²) in [5.41, 5.74) is 2.65. The second-order valence-corrected chi connectivity index (χ2v) is 5.68. The quantitative estimate of drug-likeness (QED) is 0.802. The summed E-state index contributed by atoms with van der Waals surface area (Å²) < 4.78 is 5.79. The van der Waals surface area contributed by atoms with Crippen LogP contribution in [0.25, 0.3) is 22.4 Å². The smallest absolute Gasteiger partial charge is 0.231 e. The molecule has 5 heteroatoms. The molecular weight excluding hydrogens is 278 g/mol. The highest BCUT2D eigenvalue weighted by Crippen LogP contribution is 2.33. The van der Waals surface area contributed by atoms with Crippen molar-refractivity contribution in [1.29, 1.82) is 0 Å². The zero-order valence-corrected chi connectivity index (χ0v) is 12.2. The number of furan rings is 1. The molecule has 1 aromatic carbocycles. The first kappa shape index (κ1) is 13.0. The van der Waals surface area contributed by atoms with Crippen molar-refractivity contribution in [2.45, 2.75) is 19.8 Å². The molecule has 1 aliphatic rings. The van der Waals surface area contributed by atoms with E-state index in [1.807, 2.05) is 37.3 Å². The van der Waals surface area contributed by atoms with Crippen LogP contribution >= 0.6 is 0 Å². The maximum atomic E-state index is 11.9. The van der Waals surface area contributed by atoms with E-state index in [0.29, 0.717) is 11.5 Å². The molecule has 0 saturated heterocycles. The number of hydrogen-bond acceptors (Lipinski definition) is 4. The van der Waals surface area contributed by atoms with Gasteiger partial charge >= 0.3 is 0 Å². The number of nitrogens with one attached hydrogen (secondary N) is 1. The van der Waals surface area contributed by atoms with E-state index in [1.165, 1.54) is 11.9 Å². The lowest BCUT2D eigenvalue weighted by Gasteiger charge is -2.02. The summed E-state index contributed by atoms with van der Waals surface area (Å²) >= 11 is 0. The number of rotatable bonds is 3. The first-order valence-corrected chi connectivity index (χ1v) is 7.33. The summed E-state index contributed by atoms with van der Waals surface area (Å²) in [6, 6.07) is 9.95. The average Bonchev–Trinajstić information content (AvgIpc) is 3.28. The van der Waals surface area contributed by atoms with Gasteiger partial charge in [0.1, 0.15) is 17.9 Å². The Morgan fingerprint density at radius 1 is 1.23 bits per heavy atom. The third kappa shape index (κ3) is 2.35. The molecule has 2 aromatic heterocycles. The van der Waals surface area contributed by atoms with Crippen LogP contribution in [-0.2, 0) is 4.79 Å². The number of hydrogen-bond donors (Lipinski definition) is 1. The molecule has 1 amide bonds. The summed E-state index contributed by atoms with van der Waals surface area (Å²) in [5, 5.41) is 3.60. The van der Waals surface area contributed by atoms with E-state index in [-0.39, 0.29) is 11.8 Å². The molecule has 110 valence electrons. The van der Waals surface area contributed by atoms with E-state index in [2.05, 4.69) is 15.3 Å². The maximum absolute atomic E-state index is 11.9. The van der Waals surface area contributed by atoms with Gasteiger partial charge in [-0.05, 0) is 25.8 Å². The van der Waals surface area contributed by atoms with E-state index >= 15 is 0 Å². The number of benzene rings is 1. The van der Waals surface area contributed by atoms with Gasteiger partial charge in [-0.1, -0.05) is 29.8 Å². The van der Waals surface area contributed by atoms with E-state index in [4.69, 9.17) is 4.42 Å². The van der Waals surface area contributed by atoms with Gasteiger partial charge in [0.25, 0.3) is 0 Å². The summed E-state index contributed by atoms with van der Waals surface area (Å²) in [4.78, 5) is 20.2. The largest absolute Gasteiger partial charge is 0.438 e. The van der Waals surface area contributed by atoms with Crippen LogP contribution in [0.3, 0.4) is 0 Å². The lowest BCUT2D eigenvalue weighted by Crippen LogP contribution is -2.14. The standard InChI is InChI=1S/C17H15N3O2/c1-10-2-4-11(5-3-10)14-8-13-15(18-9-19-17(13)22-14)20-16(21)12-6-7-12/h2-5,8-9,12H,6-7H2,1H3,(H,18,19,20,21). The van der Waals surface area contributed by atoms with Gasteiger partial charge in [0, 0.05) is 11.5 Å². The zero-order chi connectivity index (χ0) is 15.1. The predicted octanol–water partition coefficient (Wildman–Crippen LogP) is 3.55. The molecule has 1 fully saturated rings. The lowest BCUT2D eigenvalue weighted by atomic mass is 10.1. The number of carbonyl (C=O) groups excluding carboxylic acids is 1. The monoisotopic (exact) mass is 293 g/mol. The Morgan fingerprint density at radius 3 is 2.73 bits per heavy atom. The van der Waals surface area contributed by atoms with E-state index in [1.54, 1.807) is 0 Å². The topological polar surface area (TPSA) is 68.0 Å². The van der Waals surface area contributed by atoms with Crippen molar-refractivity contribution in [3.63, 3.8) is 0 Å². The number of anilines is 1. The first-order valence-electron chi connectivity index (χ1n) is 7.33. The minimum atomic E-state index is 0.0260. The highest BCUT2D eigenvalue weighted by molar-refractivity contribution is 6.00. The van der Waals surface area contributed by atoms with Crippen LogP contribution in [0.4, 0.5) is 5.82 Å². The van der Waals surface area contributed by atoms with Crippen molar-refractivity contribution in [2.24, 2.45) is 5.92 Å². The maximum Gasteiger partial charge on any atom is 0.231 e.